The first-order valence-corrected chi connectivity index (χ1v) is 9.26. The van der Waals surface area contributed by atoms with Crippen molar-refractivity contribution in [2.75, 3.05) is 19.6 Å². The van der Waals surface area contributed by atoms with E-state index < -0.39 is 10.0 Å². The Labute approximate surface area is 118 Å². The second-order valence-electron chi connectivity index (χ2n) is 5.45. The van der Waals surface area contributed by atoms with Crippen molar-refractivity contribution in [3.05, 3.63) is 17.5 Å². The van der Waals surface area contributed by atoms with Crippen LogP contribution < -0.4 is 5.32 Å². The van der Waals surface area contributed by atoms with Gasteiger partial charge in [-0.25, -0.2) is 8.42 Å². The molecule has 3 rings (SSSR count). The molecule has 106 valence electrons. The molecule has 1 saturated carbocycles. The van der Waals surface area contributed by atoms with Gasteiger partial charge in [0.05, 0.1) is 0 Å². The van der Waals surface area contributed by atoms with E-state index in [4.69, 9.17) is 0 Å². The molecule has 1 unspecified atom stereocenters. The number of sulfonamides is 1. The number of hydrogen-bond donors (Lipinski definition) is 1. The lowest BCUT2D eigenvalue weighted by atomic mass is 10.00. The molecule has 2 heterocycles. The molecule has 0 spiro atoms. The van der Waals surface area contributed by atoms with Gasteiger partial charge in [-0.15, -0.1) is 11.3 Å². The van der Waals surface area contributed by atoms with Gasteiger partial charge in [-0.2, -0.15) is 4.31 Å². The van der Waals surface area contributed by atoms with E-state index in [2.05, 4.69) is 5.32 Å². The van der Waals surface area contributed by atoms with Gasteiger partial charge in [0, 0.05) is 12.6 Å². The molecule has 1 N–H and O–H groups in total. The molecule has 4 nitrogen and oxygen atoms in total. The number of hydrogen-bond acceptors (Lipinski definition) is 4. The molecule has 1 aliphatic heterocycles. The third kappa shape index (κ3) is 3.02. The van der Waals surface area contributed by atoms with Crippen molar-refractivity contribution < 1.29 is 8.42 Å². The summed E-state index contributed by atoms with van der Waals surface area (Å²) in [6, 6.07) is 3.77. The Morgan fingerprint density at radius 1 is 1.37 bits per heavy atom. The second kappa shape index (κ2) is 5.52. The maximum Gasteiger partial charge on any atom is 0.252 e. The minimum Gasteiger partial charge on any atom is -0.316 e. The number of piperidine rings is 1. The van der Waals surface area contributed by atoms with Crippen LogP contribution in [0, 0.1) is 5.92 Å². The van der Waals surface area contributed by atoms with E-state index in [0.29, 0.717) is 16.7 Å². The van der Waals surface area contributed by atoms with Crippen LogP contribution in [0.5, 0.6) is 0 Å². The van der Waals surface area contributed by atoms with Gasteiger partial charge in [0.1, 0.15) is 4.21 Å². The lowest BCUT2D eigenvalue weighted by molar-refractivity contribution is 0.287. The minimum atomic E-state index is -3.27. The highest BCUT2D eigenvalue weighted by Crippen LogP contribution is 2.34. The number of nitrogens with zero attached hydrogens (tertiary/aromatic N) is 1. The predicted molar refractivity (Wildman–Crippen MR) is 76.8 cm³/mol. The molecule has 0 bridgehead atoms. The van der Waals surface area contributed by atoms with E-state index in [1.165, 1.54) is 11.3 Å². The van der Waals surface area contributed by atoms with Crippen LogP contribution in [0.2, 0.25) is 0 Å². The molecule has 1 aromatic rings. The summed E-state index contributed by atoms with van der Waals surface area (Å²) >= 11 is 1.32. The Bertz CT molecular complexity index is 503. The largest absolute Gasteiger partial charge is 0.316 e. The highest BCUT2D eigenvalue weighted by molar-refractivity contribution is 7.91. The average molecular weight is 300 g/mol. The van der Waals surface area contributed by atoms with Gasteiger partial charge in [-0.1, -0.05) is 6.07 Å². The van der Waals surface area contributed by atoms with Gasteiger partial charge >= 0.3 is 0 Å². The molecule has 6 heteroatoms. The van der Waals surface area contributed by atoms with E-state index in [1.807, 2.05) is 11.4 Å². The fourth-order valence-electron chi connectivity index (χ4n) is 2.67. The maximum absolute atomic E-state index is 12.7. The van der Waals surface area contributed by atoms with E-state index in [-0.39, 0.29) is 6.04 Å². The normalized spacial score (nSPS) is 24.8. The molecule has 1 saturated heterocycles. The molecular formula is C13H20N2O2S2. The summed E-state index contributed by atoms with van der Waals surface area (Å²) in [6.07, 6.45) is 4.33. The van der Waals surface area contributed by atoms with Gasteiger partial charge in [0.2, 0.25) is 0 Å². The van der Waals surface area contributed by atoms with Gasteiger partial charge in [-0.05, 0) is 56.1 Å². The van der Waals surface area contributed by atoms with E-state index in [1.54, 1.807) is 10.4 Å². The van der Waals surface area contributed by atoms with Crippen LogP contribution >= 0.6 is 11.3 Å². The lowest BCUT2D eigenvalue weighted by Gasteiger charge is -2.29. The molecular weight excluding hydrogens is 280 g/mol. The Morgan fingerprint density at radius 2 is 2.21 bits per heavy atom. The number of nitrogens with one attached hydrogen (secondary N) is 1. The van der Waals surface area contributed by atoms with Crippen molar-refractivity contribution in [1.82, 2.24) is 9.62 Å². The van der Waals surface area contributed by atoms with E-state index in [0.717, 1.165) is 38.8 Å². The third-order valence-corrected chi connectivity index (χ3v) is 7.14. The summed E-state index contributed by atoms with van der Waals surface area (Å²) in [6.45, 7) is 2.69. The van der Waals surface area contributed by atoms with Gasteiger partial charge in [-0.3, -0.25) is 0 Å². The zero-order valence-electron chi connectivity index (χ0n) is 10.9. The monoisotopic (exact) mass is 300 g/mol. The van der Waals surface area contributed by atoms with Gasteiger partial charge in [0.25, 0.3) is 10.0 Å². The molecule has 2 aliphatic rings. The third-order valence-electron chi connectivity index (χ3n) is 3.85. The smallest absolute Gasteiger partial charge is 0.252 e. The zero-order chi connectivity index (χ0) is 13.3. The molecule has 0 amide bonds. The fraction of sp³-hybridized carbons (Fsp3) is 0.692. The Balaban J connectivity index is 1.77. The number of rotatable bonds is 5. The van der Waals surface area contributed by atoms with Gasteiger partial charge < -0.3 is 5.32 Å². The van der Waals surface area contributed by atoms with Crippen LogP contribution in [0.25, 0.3) is 0 Å². The first kappa shape index (κ1) is 13.5. The molecule has 0 aromatic carbocycles. The molecule has 19 heavy (non-hydrogen) atoms. The van der Waals surface area contributed by atoms with Gasteiger partial charge in [0.15, 0.2) is 0 Å². The van der Waals surface area contributed by atoms with Crippen molar-refractivity contribution in [2.24, 2.45) is 5.92 Å². The molecule has 1 aliphatic carbocycles. The second-order valence-corrected chi connectivity index (χ2v) is 8.52. The molecule has 1 aromatic heterocycles. The van der Waals surface area contributed by atoms with Crippen molar-refractivity contribution in [1.29, 1.82) is 0 Å². The van der Waals surface area contributed by atoms with E-state index >= 15 is 0 Å². The Kier molecular flexibility index (Phi) is 3.93. The van der Waals surface area contributed by atoms with Crippen LogP contribution in [0.1, 0.15) is 25.7 Å². The Morgan fingerprint density at radius 3 is 2.79 bits per heavy atom. The summed E-state index contributed by atoms with van der Waals surface area (Å²) in [7, 11) is -3.27. The van der Waals surface area contributed by atoms with Crippen LogP contribution in [-0.4, -0.2) is 38.4 Å². The summed E-state index contributed by atoms with van der Waals surface area (Å²) in [5.74, 6) is 0.462. The highest BCUT2D eigenvalue weighted by atomic mass is 32.2. The Hall–Kier alpha value is -0.430. The molecule has 1 atom stereocenters. The first-order valence-electron chi connectivity index (χ1n) is 6.94. The minimum absolute atomic E-state index is 0.244. The average Bonchev–Trinajstić information content (AvgIpc) is 3.09. The lowest BCUT2D eigenvalue weighted by Crippen LogP contribution is -2.41. The first-order chi connectivity index (χ1) is 9.18. The topological polar surface area (TPSA) is 49.4 Å². The standard InChI is InChI=1S/C13H20N2O2S2/c16-19(17,13-4-2-8-18-13)15(12-5-6-12)10-11-3-1-7-14-9-11/h2,4,8,11-12,14H,1,3,5-7,9-10H2. The van der Waals surface area contributed by atoms with Crippen LogP contribution in [0.3, 0.4) is 0 Å². The maximum atomic E-state index is 12.7. The summed E-state index contributed by atoms with van der Waals surface area (Å²) < 4.78 is 27.6. The SMILES string of the molecule is O=S(=O)(c1cccs1)N(CC1CCCNC1)C1CC1. The van der Waals surface area contributed by atoms with Crippen molar-refractivity contribution in [2.45, 2.75) is 35.9 Å². The van der Waals surface area contributed by atoms with Crippen molar-refractivity contribution >= 4 is 21.4 Å². The van der Waals surface area contributed by atoms with Crippen molar-refractivity contribution in [3.63, 3.8) is 0 Å². The van der Waals surface area contributed by atoms with Crippen LogP contribution in [-0.2, 0) is 10.0 Å². The summed E-state index contributed by atoms with van der Waals surface area (Å²) in [5.41, 5.74) is 0. The predicted octanol–water partition coefficient (Wildman–Crippen LogP) is 1.90. The highest BCUT2D eigenvalue weighted by Gasteiger charge is 2.39. The van der Waals surface area contributed by atoms with Crippen molar-refractivity contribution in [3.8, 4) is 0 Å². The quantitative estimate of drug-likeness (QED) is 0.903. The summed E-state index contributed by atoms with van der Waals surface area (Å²) in [4.78, 5) is 0. The summed E-state index contributed by atoms with van der Waals surface area (Å²) in [5, 5.41) is 5.20. The van der Waals surface area contributed by atoms with E-state index in [9.17, 15) is 8.42 Å². The number of thiophene rings is 1. The van der Waals surface area contributed by atoms with Crippen LogP contribution in [0.4, 0.5) is 0 Å². The van der Waals surface area contributed by atoms with Crippen LogP contribution in [0.15, 0.2) is 21.7 Å². The zero-order valence-corrected chi connectivity index (χ0v) is 12.5. The molecule has 0 radical (unpaired) electrons. The fourth-order valence-corrected chi connectivity index (χ4v) is 5.55. The molecule has 2 fully saturated rings.